The molecule has 1 unspecified atom stereocenters. The van der Waals surface area contributed by atoms with E-state index in [0.29, 0.717) is 6.07 Å². The van der Waals surface area contributed by atoms with Gasteiger partial charge in [0, 0.05) is 30.3 Å². The Balaban J connectivity index is 0.000000623. The highest BCUT2D eigenvalue weighted by molar-refractivity contribution is 8.13. The number of nitrogens with two attached hydrogens (primary N) is 1. The largest absolute Gasteiger partial charge is 0.451 e. The van der Waals surface area contributed by atoms with E-state index in [1.54, 1.807) is 0 Å². The molecule has 0 fully saturated rings. The molecule has 0 saturated heterocycles. The number of carbonyl (C=O) groups is 1. The fraction of sp³-hybridized carbons (Fsp3) is 0.565. The lowest BCUT2D eigenvalue weighted by Gasteiger charge is -2.28. The van der Waals surface area contributed by atoms with Crippen LogP contribution in [-0.4, -0.2) is 42.7 Å². The zero-order valence-electron chi connectivity index (χ0n) is 21.1. The lowest BCUT2D eigenvalue weighted by molar-refractivity contribution is -0.148. The number of hydrogen-bond acceptors (Lipinski definition) is 4. The topological polar surface area (TPSA) is 77.0 Å². The second-order valence-electron chi connectivity index (χ2n) is 8.66. The minimum atomic E-state index is -4.62. The van der Waals surface area contributed by atoms with Crippen LogP contribution in [0.1, 0.15) is 64.7 Å². The number of aryl methyl sites for hydroxylation is 1. The van der Waals surface area contributed by atoms with Gasteiger partial charge in [-0.3, -0.25) is 9.93 Å². The minimum Gasteiger partial charge on any atom is -0.333 e. The molecule has 2 N–H and O–H groups in total. The molecule has 0 saturated carbocycles. The zero-order valence-corrected chi connectivity index (χ0v) is 21.9. The van der Waals surface area contributed by atoms with Gasteiger partial charge < -0.3 is 9.47 Å². The molecule has 1 amide bonds. The van der Waals surface area contributed by atoms with Crippen molar-refractivity contribution in [3.63, 3.8) is 0 Å². The van der Waals surface area contributed by atoms with Gasteiger partial charge in [0.05, 0.1) is 6.54 Å². The number of alkyl halides is 3. The SMILES string of the molecule is C=S(N)C(C)(C)C.CC.O=C(CCCc1cc(F)c(F)cc1F)N1CCn2c(nnc2C(F)(F)F)C1. The first-order valence-corrected chi connectivity index (χ1v) is 12.8. The maximum Gasteiger partial charge on any atom is 0.451 e. The molecule has 13 heteroatoms. The van der Waals surface area contributed by atoms with E-state index in [1.165, 1.54) is 4.90 Å². The van der Waals surface area contributed by atoms with E-state index >= 15 is 0 Å². The van der Waals surface area contributed by atoms with Crippen LogP contribution < -0.4 is 5.14 Å². The van der Waals surface area contributed by atoms with Crippen molar-refractivity contribution in [3.8, 4) is 0 Å². The molecule has 0 aliphatic carbocycles. The molecule has 1 aromatic carbocycles. The second kappa shape index (κ2) is 13.2. The smallest absolute Gasteiger partial charge is 0.333 e. The summed E-state index contributed by atoms with van der Waals surface area (Å²) in [5, 5.41) is 12.1. The second-order valence-corrected chi connectivity index (χ2v) is 10.7. The van der Waals surface area contributed by atoms with Gasteiger partial charge >= 0.3 is 6.18 Å². The first-order valence-electron chi connectivity index (χ1n) is 11.3. The Labute approximate surface area is 209 Å². The Morgan fingerprint density at radius 2 is 1.61 bits per heavy atom. The molecule has 2 heterocycles. The highest BCUT2D eigenvalue weighted by atomic mass is 32.2. The Kier molecular flexibility index (Phi) is 11.6. The van der Waals surface area contributed by atoms with Gasteiger partial charge in [-0.05, 0) is 24.5 Å². The highest BCUT2D eigenvalue weighted by Crippen LogP contribution is 2.29. The fourth-order valence-electron chi connectivity index (χ4n) is 2.92. The van der Waals surface area contributed by atoms with E-state index in [1.807, 2.05) is 13.8 Å². The number of benzene rings is 1. The molecule has 36 heavy (non-hydrogen) atoms. The van der Waals surface area contributed by atoms with Gasteiger partial charge in [0.1, 0.15) is 5.82 Å². The summed E-state index contributed by atoms with van der Waals surface area (Å²) >= 11 is 0. The summed E-state index contributed by atoms with van der Waals surface area (Å²) in [6.45, 7) is 10.1. The van der Waals surface area contributed by atoms with Gasteiger partial charge in [-0.2, -0.15) is 13.2 Å². The fourth-order valence-corrected chi connectivity index (χ4v) is 2.92. The third-order valence-corrected chi connectivity index (χ3v) is 6.65. The van der Waals surface area contributed by atoms with Crippen molar-refractivity contribution in [2.24, 2.45) is 5.14 Å². The summed E-state index contributed by atoms with van der Waals surface area (Å²) in [4.78, 5) is 13.6. The van der Waals surface area contributed by atoms with Crippen LogP contribution in [0.15, 0.2) is 12.1 Å². The number of halogens is 6. The molecule has 1 aliphatic rings. The number of nitrogens with zero attached hydrogens (tertiary/aromatic N) is 4. The number of amides is 1. The lowest BCUT2D eigenvalue weighted by atomic mass is 10.1. The van der Waals surface area contributed by atoms with E-state index in [2.05, 4.69) is 36.8 Å². The van der Waals surface area contributed by atoms with Crippen LogP contribution >= 0.6 is 10.7 Å². The van der Waals surface area contributed by atoms with E-state index < -0.39 is 29.5 Å². The monoisotopic (exact) mass is 541 g/mol. The predicted molar refractivity (Wildman–Crippen MR) is 130 cm³/mol. The quantitative estimate of drug-likeness (QED) is 0.317. The first-order chi connectivity index (χ1) is 16.6. The first kappa shape index (κ1) is 31.6. The van der Waals surface area contributed by atoms with Crippen molar-refractivity contribution in [3.05, 3.63) is 46.8 Å². The van der Waals surface area contributed by atoms with E-state index in [0.717, 1.165) is 10.6 Å². The molecule has 2 aromatic rings. The van der Waals surface area contributed by atoms with E-state index in [9.17, 15) is 31.1 Å². The summed E-state index contributed by atoms with van der Waals surface area (Å²) in [5.74, 6) is -1.05. The molecule has 6 nitrogen and oxygen atoms in total. The molecule has 0 radical (unpaired) electrons. The maximum absolute atomic E-state index is 13.6. The summed E-state index contributed by atoms with van der Waals surface area (Å²) in [7, 11) is -0.183. The van der Waals surface area contributed by atoms with Crippen molar-refractivity contribution in [1.29, 1.82) is 0 Å². The van der Waals surface area contributed by atoms with Crippen molar-refractivity contribution >= 4 is 22.4 Å². The van der Waals surface area contributed by atoms with E-state index in [-0.39, 0.29) is 71.6 Å². The molecule has 204 valence electrons. The minimum absolute atomic E-state index is 0.0152. The summed E-state index contributed by atoms with van der Waals surface area (Å²) in [5.41, 5.74) is -0.0464. The molecular weight excluding hydrogens is 508 g/mol. The van der Waals surface area contributed by atoms with Crippen LogP contribution in [0.3, 0.4) is 0 Å². The van der Waals surface area contributed by atoms with Crippen molar-refractivity contribution in [2.45, 2.75) is 77.9 Å². The Morgan fingerprint density at radius 3 is 2.14 bits per heavy atom. The molecule has 0 spiro atoms. The third kappa shape index (κ3) is 8.91. The maximum atomic E-state index is 13.6. The van der Waals surface area contributed by atoms with Crippen LogP contribution in [0.25, 0.3) is 0 Å². The van der Waals surface area contributed by atoms with Gasteiger partial charge in [-0.15, -0.1) is 20.9 Å². The predicted octanol–water partition coefficient (Wildman–Crippen LogP) is 5.47. The van der Waals surface area contributed by atoms with Gasteiger partial charge in [0.25, 0.3) is 0 Å². The summed E-state index contributed by atoms with van der Waals surface area (Å²) in [6.07, 6.45) is -4.43. The lowest BCUT2D eigenvalue weighted by Crippen LogP contribution is -2.39. The number of hydrogen-bond donors (Lipinski definition) is 1. The van der Waals surface area contributed by atoms with Crippen molar-refractivity contribution in [1.82, 2.24) is 19.7 Å². The number of aromatic nitrogens is 3. The van der Waals surface area contributed by atoms with Crippen LogP contribution in [0, 0.1) is 17.5 Å². The van der Waals surface area contributed by atoms with Crippen LogP contribution in [0.5, 0.6) is 0 Å². The van der Waals surface area contributed by atoms with Crippen LogP contribution in [0.2, 0.25) is 0 Å². The van der Waals surface area contributed by atoms with Gasteiger partial charge in [-0.25, -0.2) is 13.2 Å². The zero-order chi connectivity index (χ0) is 27.8. The Morgan fingerprint density at radius 1 is 1.06 bits per heavy atom. The number of carbonyl (C=O) groups excluding carboxylic acids is 1. The number of rotatable bonds is 4. The van der Waals surface area contributed by atoms with E-state index in [4.69, 9.17) is 5.14 Å². The average molecular weight is 542 g/mol. The van der Waals surface area contributed by atoms with Crippen molar-refractivity contribution in [2.75, 3.05) is 6.54 Å². The third-order valence-electron chi connectivity index (χ3n) is 5.07. The highest BCUT2D eigenvalue weighted by Gasteiger charge is 2.39. The Hall–Kier alpha value is -2.41. The molecule has 3 rings (SSSR count). The van der Waals surface area contributed by atoms with Crippen LogP contribution in [-0.2, 0) is 30.5 Å². The number of fused-ring (bicyclic) bond motifs is 1. The average Bonchev–Trinajstić information content (AvgIpc) is 3.22. The van der Waals surface area contributed by atoms with Gasteiger partial charge in [0.2, 0.25) is 11.7 Å². The van der Waals surface area contributed by atoms with Crippen molar-refractivity contribution < 1.29 is 31.1 Å². The molecule has 1 atom stereocenters. The van der Waals surface area contributed by atoms with Gasteiger partial charge in [0.15, 0.2) is 17.5 Å². The van der Waals surface area contributed by atoms with Crippen LogP contribution in [0.4, 0.5) is 26.3 Å². The van der Waals surface area contributed by atoms with Gasteiger partial charge in [-0.1, -0.05) is 40.5 Å². The standard InChI is InChI=1S/C16H14F6N4O.C5H13NS.C2H6/c17-10-7-12(19)11(18)6-9(10)2-1-3-14(27)25-4-5-26-13(8-25)23-24-15(26)16(20,21)22;1-5(2,3)7(4)6;1-2/h6-7H,1-5,8H2;4,6H2,1-3H3;1-2H3. The molecule has 1 aromatic heterocycles. The molecule has 1 aliphatic heterocycles. The summed E-state index contributed by atoms with van der Waals surface area (Å²) in [6, 6.07) is 1.19. The summed E-state index contributed by atoms with van der Waals surface area (Å²) < 4.78 is 79.1. The Bertz CT molecular complexity index is 1050. The normalized spacial score (nSPS) is 14.2. The molecular formula is C23H33F6N5OS. The molecule has 0 bridgehead atoms.